The molecule has 3 N–H and O–H groups in total. The standard InChI is InChI=1S/C17H22N2O/c1-12-9-14(12)16-7-8-17(20-16)15(10-18)19-11-13-5-3-2-4-6-13/h2-8,12,14-15,19H,9-11,18H2,1H3. The molecule has 1 aromatic heterocycles. The lowest BCUT2D eigenvalue weighted by atomic mass is 10.2. The smallest absolute Gasteiger partial charge is 0.122 e. The Morgan fingerprint density at radius 1 is 1.25 bits per heavy atom. The summed E-state index contributed by atoms with van der Waals surface area (Å²) < 4.78 is 5.98. The van der Waals surface area contributed by atoms with Gasteiger partial charge in [-0.1, -0.05) is 37.3 Å². The van der Waals surface area contributed by atoms with Gasteiger partial charge in [0.25, 0.3) is 0 Å². The van der Waals surface area contributed by atoms with Crippen molar-refractivity contribution in [2.24, 2.45) is 11.7 Å². The number of hydrogen-bond donors (Lipinski definition) is 2. The lowest BCUT2D eigenvalue weighted by Crippen LogP contribution is -2.27. The van der Waals surface area contributed by atoms with Crippen LogP contribution < -0.4 is 11.1 Å². The van der Waals surface area contributed by atoms with Gasteiger partial charge in [0.1, 0.15) is 11.5 Å². The van der Waals surface area contributed by atoms with Crippen molar-refractivity contribution in [3.05, 3.63) is 59.5 Å². The van der Waals surface area contributed by atoms with Crippen LogP contribution in [0.5, 0.6) is 0 Å². The predicted octanol–water partition coefficient (Wildman–Crippen LogP) is 3.19. The first kappa shape index (κ1) is 13.4. The molecule has 1 aromatic carbocycles. The Labute approximate surface area is 120 Å². The van der Waals surface area contributed by atoms with E-state index in [0.717, 1.165) is 24.0 Å². The van der Waals surface area contributed by atoms with Crippen LogP contribution in [0.1, 0.15) is 42.4 Å². The lowest BCUT2D eigenvalue weighted by Gasteiger charge is -2.14. The molecule has 1 fully saturated rings. The van der Waals surface area contributed by atoms with Gasteiger partial charge >= 0.3 is 0 Å². The Morgan fingerprint density at radius 2 is 2.00 bits per heavy atom. The summed E-state index contributed by atoms with van der Waals surface area (Å²) in [5.41, 5.74) is 7.13. The highest BCUT2D eigenvalue weighted by Gasteiger charge is 2.36. The van der Waals surface area contributed by atoms with Crippen LogP contribution in [0.3, 0.4) is 0 Å². The Kier molecular flexibility index (Phi) is 3.90. The van der Waals surface area contributed by atoms with E-state index in [1.165, 1.54) is 12.0 Å². The van der Waals surface area contributed by atoms with Crippen LogP contribution in [0, 0.1) is 5.92 Å². The monoisotopic (exact) mass is 270 g/mol. The SMILES string of the molecule is CC1CC1c1ccc(C(CN)NCc2ccccc2)o1. The van der Waals surface area contributed by atoms with E-state index >= 15 is 0 Å². The number of furan rings is 1. The molecule has 1 aliphatic carbocycles. The van der Waals surface area contributed by atoms with E-state index in [1.54, 1.807) is 0 Å². The van der Waals surface area contributed by atoms with E-state index < -0.39 is 0 Å². The highest BCUT2D eigenvalue weighted by atomic mass is 16.3. The normalized spacial score (nSPS) is 22.7. The fourth-order valence-electron chi connectivity index (χ4n) is 2.61. The number of rotatable bonds is 6. The molecule has 0 bridgehead atoms. The Morgan fingerprint density at radius 3 is 2.65 bits per heavy atom. The van der Waals surface area contributed by atoms with Gasteiger partial charge in [-0.2, -0.15) is 0 Å². The van der Waals surface area contributed by atoms with Crippen LogP contribution >= 0.6 is 0 Å². The van der Waals surface area contributed by atoms with Gasteiger partial charge in [0.15, 0.2) is 0 Å². The maximum atomic E-state index is 5.98. The van der Waals surface area contributed by atoms with Gasteiger partial charge in [0, 0.05) is 19.0 Å². The first-order valence-electron chi connectivity index (χ1n) is 7.35. The number of benzene rings is 1. The molecule has 20 heavy (non-hydrogen) atoms. The zero-order valence-electron chi connectivity index (χ0n) is 11.9. The third-order valence-electron chi connectivity index (χ3n) is 4.10. The zero-order valence-corrected chi connectivity index (χ0v) is 11.9. The van der Waals surface area contributed by atoms with Crippen molar-refractivity contribution in [1.29, 1.82) is 0 Å². The van der Waals surface area contributed by atoms with Crippen molar-refractivity contribution in [2.75, 3.05) is 6.54 Å². The molecule has 1 saturated carbocycles. The minimum atomic E-state index is 0.0815. The molecule has 0 saturated heterocycles. The van der Waals surface area contributed by atoms with Crippen molar-refractivity contribution >= 4 is 0 Å². The molecule has 0 spiro atoms. The number of nitrogens with one attached hydrogen (secondary N) is 1. The van der Waals surface area contributed by atoms with E-state index in [0.29, 0.717) is 12.5 Å². The van der Waals surface area contributed by atoms with Crippen molar-refractivity contribution in [3.8, 4) is 0 Å². The van der Waals surface area contributed by atoms with Crippen LogP contribution in [0.15, 0.2) is 46.9 Å². The highest BCUT2D eigenvalue weighted by Crippen LogP contribution is 2.47. The number of nitrogens with two attached hydrogens (primary N) is 1. The number of hydrogen-bond acceptors (Lipinski definition) is 3. The van der Waals surface area contributed by atoms with Gasteiger partial charge in [-0.25, -0.2) is 0 Å². The van der Waals surface area contributed by atoms with Gasteiger partial charge < -0.3 is 15.5 Å². The molecule has 1 heterocycles. The average Bonchev–Trinajstić information content (AvgIpc) is 3.02. The average molecular weight is 270 g/mol. The molecule has 106 valence electrons. The van der Waals surface area contributed by atoms with Crippen molar-refractivity contribution in [2.45, 2.75) is 31.8 Å². The molecule has 3 heteroatoms. The summed E-state index contributed by atoms with van der Waals surface area (Å²) in [5, 5.41) is 3.47. The first-order valence-corrected chi connectivity index (χ1v) is 7.35. The molecule has 0 radical (unpaired) electrons. The Hall–Kier alpha value is -1.58. The quantitative estimate of drug-likeness (QED) is 0.847. The van der Waals surface area contributed by atoms with E-state index in [-0.39, 0.29) is 6.04 Å². The Balaban J connectivity index is 1.62. The zero-order chi connectivity index (χ0) is 13.9. The van der Waals surface area contributed by atoms with Crippen LogP contribution in [-0.4, -0.2) is 6.54 Å². The predicted molar refractivity (Wildman–Crippen MR) is 80.3 cm³/mol. The third-order valence-corrected chi connectivity index (χ3v) is 4.10. The van der Waals surface area contributed by atoms with E-state index in [9.17, 15) is 0 Å². The molecule has 3 rings (SSSR count). The maximum absolute atomic E-state index is 5.98. The lowest BCUT2D eigenvalue weighted by molar-refractivity contribution is 0.393. The fourth-order valence-corrected chi connectivity index (χ4v) is 2.61. The summed E-state index contributed by atoms with van der Waals surface area (Å²) in [6.07, 6.45) is 1.25. The Bertz CT molecular complexity index is 549. The minimum Gasteiger partial charge on any atom is -0.464 e. The van der Waals surface area contributed by atoms with Crippen molar-refractivity contribution in [3.63, 3.8) is 0 Å². The highest BCUT2D eigenvalue weighted by molar-refractivity contribution is 5.20. The molecule has 0 aliphatic heterocycles. The van der Waals surface area contributed by atoms with Crippen LogP contribution in [0.2, 0.25) is 0 Å². The van der Waals surface area contributed by atoms with E-state index in [4.69, 9.17) is 10.2 Å². The molecule has 3 nitrogen and oxygen atoms in total. The van der Waals surface area contributed by atoms with Crippen molar-refractivity contribution < 1.29 is 4.42 Å². The van der Waals surface area contributed by atoms with Gasteiger partial charge in [0.2, 0.25) is 0 Å². The van der Waals surface area contributed by atoms with Crippen LogP contribution in [0.4, 0.5) is 0 Å². The molecular formula is C17H22N2O. The van der Waals surface area contributed by atoms with E-state index in [1.807, 2.05) is 18.2 Å². The van der Waals surface area contributed by atoms with Crippen LogP contribution in [-0.2, 0) is 6.54 Å². The van der Waals surface area contributed by atoms with Crippen molar-refractivity contribution in [1.82, 2.24) is 5.32 Å². The molecule has 1 aliphatic rings. The molecule has 2 aromatic rings. The second-order valence-electron chi connectivity index (χ2n) is 5.71. The maximum Gasteiger partial charge on any atom is 0.122 e. The summed E-state index contributed by atoms with van der Waals surface area (Å²) in [5.74, 6) is 3.46. The first-order chi connectivity index (χ1) is 9.78. The van der Waals surface area contributed by atoms with Gasteiger partial charge in [-0.05, 0) is 30.0 Å². The second kappa shape index (κ2) is 5.81. The van der Waals surface area contributed by atoms with Crippen LogP contribution in [0.25, 0.3) is 0 Å². The fraction of sp³-hybridized carbons (Fsp3) is 0.412. The summed E-state index contributed by atoms with van der Waals surface area (Å²) >= 11 is 0. The summed E-state index contributed by atoms with van der Waals surface area (Å²) in [6.45, 7) is 3.61. The summed E-state index contributed by atoms with van der Waals surface area (Å²) in [7, 11) is 0. The van der Waals surface area contributed by atoms with Gasteiger partial charge in [-0.15, -0.1) is 0 Å². The minimum absolute atomic E-state index is 0.0815. The van der Waals surface area contributed by atoms with Gasteiger partial charge in [-0.3, -0.25) is 0 Å². The summed E-state index contributed by atoms with van der Waals surface area (Å²) in [6, 6.07) is 14.6. The van der Waals surface area contributed by atoms with E-state index in [2.05, 4.69) is 36.5 Å². The molecule has 3 unspecified atom stereocenters. The molecular weight excluding hydrogens is 248 g/mol. The third kappa shape index (κ3) is 2.94. The second-order valence-corrected chi connectivity index (χ2v) is 5.71. The molecule has 0 amide bonds. The summed E-state index contributed by atoms with van der Waals surface area (Å²) in [4.78, 5) is 0. The molecule has 3 atom stereocenters. The largest absolute Gasteiger partial charge is 0.464 e. The topological polar surface area (TPSA) is 51.2 Å². The van der Waals surface area contributed by atoms with Gasteiger partial charge in [0.05, 0.1) is 6.04 Å².